The number of ether oxygens (including phenoxy) is 1. The lowest BCUT2D eigenvalue weighted by Gasteiger charge is -2.11. The Morgan fingerprint density at radius 2 is 1.72 bits per heavy atom. The highest BCUT2D eigenvalue weighted by atomic mass is 19.1. The molecule has 0 saturated carbocycles. The van der Waals surface area contributed by atoms with Crippen LogP contribution >= 0.6 is 0 Å². The third-order valence-electron chi connectivity index (χ3n) is 2.40. The standard InChI is InChI=1S/C13H12F2N2O/c1-18-11-2-3-12(16)13(7-11)17-10-5-8(14)4-9(15)6-10/h2-7,17H,16H2,1H3. The number of hydrogen-bond donors (Lipinski definition) is 2. The van der Waals surface area contributed by atoms with Crippen LogP contribution in [0, 0.1) is 11.6 Å². The van der Waals surface area contributed by atoms with E-state index in [1.807, 2.05) is 0 Å². The third-order valence-corrected chi connectivity index (χ3v) is 2.40. The van der Waals surface area contributed by atoms with Gasteiger partial charge < -0.3 is 15.8 Å². The van der Waals surface area contributed by atoms with Crippen molar-refractivity contribution in [2.45, 2.75) is 0 Å². The van der Waals surface area contributed by atoms with Crippen molar-refractivity contribution >= 4 is 17.1 Å². The second kappa shape index (κ2) is 4.91. The van der Waals surface area contributed by atoms with Crippen LogP contribution in [-0.4, -0.2) is 7.11 Å². The molecule has 2 aromatic carbocycles. The fraction of sp³-hybridized carbons (Fsp3) is 0.0769. The van der Waals surface area contributed by atoms with E-state index in [1.54, 1.807) is 18.2 Å². The van der Waals surface area contributed by atoms with Crippen LogP contribution in [0.3, 0.4) is 0 Å². The van der Waals surface area contributed by atoms with Gasteiger partial charge >= 0.3 is 0 Å². The maximum Gasteiger partial charge on any atom is 0.128 e. The van der Waals surface area contributed by atoms with Crippen LogP contribution in [0.15, 0.2) is 36.4 Å². The Bertz CT molecular complexity index is 553. The summed E-state index contributed by atoms with van der Waals surface area (Å²) in [5.41, 5.74) is 7.03. The Hall–Kier alpha value is -2.30. The Labute approximate surface area is 103 Å². The smallest absolute Gasteiger partial charge is 0.128 e. The maximum atomic E-state index is 13.0. The monoisotopic (exact) mass is 250 g/mol. The summed E-state index contributed by atoms with van der Waals surface area (Å²) in [7, 11) is 1.52. The third kappa shape index (κ3) is 2.68. The number of nitrogens with two attached hydrogens (primary N) is 1. The molecular weight excluding hydrogens is 238 g/mol. The van der Waals surface area contributed by atoms with Gasteiger partial charge in [-0.3, -0.25) is 0 Å². The molecule has 94 valence electrons. The number of nitrogen functional groups attached to an aromatic ring is 1. The average Bonchev–Trinajstić information content (AvgIpc) is 2.30. The summed E-state index contributed by atoms with van der Waals surface area (Å²) in [6.07, 6.45) is 0. The average molecular weight is 250 g/mol. The number of benzene rings is 2. The molecule has 0 aliphatic carbocycles. The van der Waals surface area contributed by atoms with Gasteiger partial charge in [-0.25, -0.2) is 8.78 Å². The van der Waals surface area contributed by atoms with Crippen molar-refractivity contribution < 1.29 is 13.5 Å². The van der Waals surface area contributed by atoms with Crippen molar-refractivity contribution in [1.29, 1.82) is 0 Å². The Balaban J connectivity index is 2.33. The summed E-state index contributed by atoms with van der Waals surface area (Å²) >= 11 is 0. The molecule has 2 aromatic rings. The zero-order valence-electron chi connectivity index (χ0n) is 9.71. The minimum Gasteiger partial charge on any atom is -0.497 e. The van der Waals surface area contributed by atoms with E-state index in [4.69, 9.17) is 10.5 Å². The van der Waals surface area contributed by atoms with Gasteiger partial charge in [0.25, 0.3) is 0 Å². The molecule has 0 unspecified atom stereocenters. The largest absolute Gasteiger partial charge is 0.497 e. The van der Waals surface area contributed by atoms with E-state index < -0.39 is 11.6 Å². The zero-order chi connectivity index (χ0) is 13.1. The van der Waals surface area contributed by atoms with Crippen molar-refractivity contribution in [2.24, 2.45) is 0 Å². The number of hydrogen-bond acceptors (Lipinski definition) is 3. The summed E-state index contributed by atoms with van der Waals surface area (Å²) in [6.45, 7) is 0. The summed E-state index contributed by atoms with van der Waals surface area (Å²) in [6, 6.07) is 8.17. The predicted octanol–water partition coefficient (Wildman–Crippen LogP) is 3.30. The number of methoxy groups -OCH3 is 1. The lowest BCUT2D eigenvalue weighted by Crippen LogP contribution is -1.98. The molecule has 0 heterocycles. The first kappa shape index (κ1) is 12.2. The fourth-order valence-electron chi connectivity index (χ4n) is 1.55. The molecule has 0 spiro atoms. The van der Waals surface area contributed by atoms with Crippen molar-refractivity contribution in [3.05, 3.63) is 48.0 Å². The second-order valence-corrected chi connectivity index (χ2v) is 3.74. The van der Waals surface area contributed by atoms with E-state index in [1.165, 1.54) is 19.2 Å². The number of nitrogens with one attached hydrogen (secondary N) is 1. The van der Waals surface area contributed by atoms with Gasteiger partial charge in [-0.05, 0) is 24.3 Å². The van der Waals surface area contributed by atoms with Crippen LogP contribution in [0.5, 0.6) is 5.75 Å². The van der Waals surface area contributed by atoms with Gasteiger partial charge in [0.1, 0.15) is 17.4 Å². The molecule has 0 fully saturated rings. The Morgan fingerprint density at radius 1 is 1.06 bits per heavy atom. The Kier molecular flexibility index (Phi) is 3.32. The zero-order valence-corrected chi connectivity index (χ0v) is 9.71. The van der Waals surface area contributed by atoms with Gasteiger partial charge in [-0.15, -0.1) is 0 Å². The highest BCUT2D eigenvalue weighted by Gasteiger charge is 2.05. The van der Waals surface area contributed by atoms with Crippen LogP contribution in [0.2, 0.25) is 0 Å². The van der Waals surface area contributed by atoms with Gasteiger partial charge in [-0.2, -0.15) is 0 Å². The second-order valence-electron chi connectivity index (χ2n) is 3.74. The fourth-order valence-corrected chi connectivity index (χ4v) is 1.55. The normalized spacial score (nSPS) is 10.2. The lowest BCUT2D eigenvalue weighted by molar-refractivity contribution is 0.415. The SMILES string of the molecule is COc1ccc(N)c(Nc2cc(F)cc(F)c2)c1. The molecule has 0 saturated heterocycles. The molecule has 0 atom stereocenters. The number of rotatable bonds is 3. The van der Waals surface area contributed by atoms with Gasteiger partial charge in [-0.1, -0.05) is 0 Å². The highest BCUT2D eigenvalue weighted by molar-refractivity contribution is 5.74. The molecule has 0 bridgehead atoms. The van der Waals surface area contributed by atoms with E-state index >= 15 is 0 Å². The minimum absolute atomic E-state index is 0.285. The Morgan fingerprint density at radius 3 is 2.33 bits per heavy atom. The van der Waals surface area contributed by atoms with E-state index in [9.17, 15) is 8.78 Å². The van der Waals surface area contributed by atoms with Gasteiger partial charge in [0, 0.05) is 17.8 Å². The van der Waals surface area contributed by atoms with Crippen LogP contribution in [0.25, 0.3) is 0 Å². The first-order valence-electron chi connectivity index (χ1n) is 5.25. The van der Waals surface area contributed by atoms with E-state index in [-0.39, 0.29) is 5.69 Å². The van der Waals surface area contributed by atoms with E-state index in [0.29, 0.717) is 17.1 Å². The molecule has 3 nitrogen and oxygen atoms in total. The first-order valence-corrected chi connectivity index (χ1v) is 5.25. The van der Waals surface area contributed by atoms with Crippen molar-refractivity contribution in [3.63, 3.8) is 0 Å². The van der Waals surface area contributed by atoms with Crippen molar-refractivity contribution in [1.82, 2.24) is 0 Å². The van der Waals surface area contributed by atoms with Gasteiger partial charge in [0.05, 0.1) is 18.5 Å². The van der Waals surface area contributed by atoms with Crippen LogP contribution in [-0.2, 0) is 0 Å². The van der Waals surface area contributed by atoms with E-state index in [2.05, 4.69) is 5.32 Å². The molecule has 2 rings (SSSR count). The number of halogens is 2. The van der Waals surface area contributed by atoms with Crippen LogP contribution in [0.4, 0.5) is 25.8 Å². The van der Waals surface area contributed by atoms with Crippen LogP contribution in [0.1, 0.15) is 0 Å². The molecule has 18 heavy (non-hydrogen) atoms. The molecule has 0 aliphatic heterocycles. The summed E-state index contributed by atoms with van der Waals surface area (Å²) < 4.78 is 31.1. The first-order chi connectivity index (χ1) is 8.58. The van der Waals surface area contributed by atoms with Gasteiger partial charge in [0.15, 0.2) is 0 Å². The maximum absolute atomic E-state index is 13.0. The minimum atomic E-state index is -0.654. The summed E-state index contributed by atoms with van der Waals surface area (Å²) in [5, 5.41) is 2.84. The molecule has 3 N–H and O–H groups in total. The summed E-state index contributed by atoms with van der Waals surface area (Å²) in [5.74, 6) is -0.707. The quantitative estimate of drug-likeness (QED) is 0.822. The molecule has 0 amide bonds. The molecule has 0 aliphatic rings. The molecule has 0 radical (unpaired) electrons. The van der Waals surface area contributed by atoms with Crippen LogP contribution < -0.4 is 15.8 Å². The van der Waals surface area contributed by atoms with Gasteiger partial charge in [0.2, 0.25) is 0 Å². The lowest BCUT2D eigenvalue weighted by atomic mass is 10.2. The summed E-state index contributed by atoms with van der Waals surface area (Å²) in [4.78, 5) is 0. The molecular formula is C13H12F2N2O. The predicted molar refractivity (Wildman–Crippen MR) is 67.0 cm³/mol. The highest BCUT2D eigenvalue weighted by Crippen LogP contribution is 2.28. The van der Waals surface area contributed by atoms with E-state index in [0.717, 1.165) is 6.07 Å². The number of anilines is 3. The molecule has 0 aromatic heterocycles. The topological polar surface area (TPSA) is 47.3 Å². The van der Waals surface area contributed by atoms with Crippen molar-refractivity contribution in [3.8, 4) is 5.75 Å². The molecule has 5 heteroatoms. The van der Waals surface area contributed by atoms with Crippen molar-refractivity contribution in [2.75, 3.05) is 18.2 Å².